The molecule has 142 valence electrons. The Bertz CT molecular complexity index is 823. The molecule has 0 saturated carbocycles. The summed E-state index contributed by atoms with van der Waals surface area (Å²) in [4.78, 5) is 25.9. The van der Waals surface area contributed by atoms with Crippen molar-refractivity contribution in [2.75, 3.05) is 25.0 Å². The van der Waals surface area contributed by atoms with Gasteiger partial charge in [0.2, 0.25) is 5.91 Å². The number of esters is 1. The standard InChI is InChI=1S/C21H25N3O3/c1-3-27-21(26)11-8-17-6-9-18(10-7-17)22-20(25)15-24-14-13-23-12-4-5-19(23)16(24)2/h4-12,16H,3,13-15H2,1-2H3,(H,22,25). The molecule has 0 spiro atoms. The van der Waals surface area contributed by atoms with Crippen LogP contribution in [-0.2, 0) is 20.9 Å². The predicted octanol–water partition coefficient (Wildman–Crippen LogP) is 3.08. The first-order valence-corrected chi connectivity index (χ1v) is 9.20. The number of anilines is 1. The molecule has 1 aromatic heterocycles. The molecule has 0 radical (unpaired) electrons. The zero-order valence-electron chi connectivity index (χ0n) is 15.7. The summed E-state index contributed by atoms with van der Waals surface area (Å²) < 4.78 is 7.09. The molecule has 0 fully saturated rings. The van der Waals surface area contributed by atoms with Crippen LogP contribution in [0.4, 0.5) is 5.69 Å². The number of nitrogens with one attached hydrogen (secondary N) is 1. The van der Waals surface area contributed by atoms with Gasteiger partial charge in [0.1, 0.15) is 0 Å². The average Bonchev–Trinajstić information content (AvgIpc) is 3.13. The number of nitrogens with zero attached hydrogens (tertiary/aromatic N) is 2. The number of carbonyl (C=O) groups excluding carboxylic acids is 2. The lowest BCUT2D eigenvalue weighted by Gasteiger charge is -2.34. The topological polar surface area (TPSA) is 63.6 Å². The van der Waals surface area contributed by atoms with Gasteiger partial charge in [-0.1, -0.05) is 12.1 Å². The zero-order chi connectivity index (χ0) is 19.2. The molecule has 2 heterocycles. The normalized spacial score (nSPS) is 16.9. The molecule has 1 N–H and O–H groups in total. The van der Waals surface area contributed by atoms with Crippen molar-refractivity contribution in [1.82, 2.24) is 9.47 Å². The van der Waals surface area contributed by atoms with E-state index in [0.29, 0.717) is 13.2 Å². The van der Waals surface area contributed by atoms with E-state index in [1.807, 2.05) is 30.3 Å². The van der Waals surface area contributed by atoms with E-state index >= 15 is 0 Å². The average molecular weight is 367 g/mol. The summed E-state index contributed by atoms with van der Waals surface area (Å²) in [5.74, 6) is -0.395. The Hall–Kier alpha value is -2.86. The Balaban J connectivity index is 1.53. The Morgan fingerprint density at radius 2 is 2.00 bits per heavy atom. The SMILES string of the molecule is CCOC(=O)C=Cc1ccc(NC(=O)CN2CCn3cccc3C2C)cc1. The summed E-state index contributed by atoms with van der Waals surface area (Å²) in [5, 5.41) is 2.94. The molecule has 27 heavy (non-hydrogen) atoms. The molecule has 6 nitrogen and oxygen atoms in total. The van der Waals surface area contributed by atoms with Gasteiger partial charge in [0.05, 0.1) is 13.2 Å². The highest BCUT2D eigenvalue weighted by Crippen LogP contribution is 2.24. The minimum atomic E-state index is -0.364. The van der Waals surface area contributed by atoms with Gasteiger partial charge in [0.15, 0.2) is 0 Å². The molecule has 2 aromatic rings. The maximum atomic E-state index is 12.4. The van der Waals surface area contributed by atoms with Gasteiger partial charge in [-0.25, -0.2) is 4.79 Å². The van der Waals surface area contributed by atoms with Crippen LogP contribution in [0.5, 0.6) is 0 Å². The molecule has 1 unspecified atom stereocenters. The van der Waals surface area contributed by atoms with Crippen molar-refractivity contribution in [1.29, 1.82) is 0 Å². The highest BCUT2D eigenvalue weighted by atomic mass is 16.5. The third kappa shape index (κ3) is 4.86. The number of benzene rings is 1. The van der Waals surface area contributed by atoms with Crippen LogP contribution < -0.4 is 5.32 Å². The first kappa shape index (κ1) is 18.9. The van der Waals surface area contributed by atoms with Crippen molar-refractivity contribution in [3.8, 4) is 0 Å². The Kier molecular flexibility index (Phi) is 6.08. The first-order valence-electron chi connectivity index (χ1n) is 9.20. The van der Waals surface area contributed by atoms with Gasteiger partial charge < -0.3 is 14.6 Å². The molecule has 0 saturated heterocycles. The van der Waals surface area contributed by atoms with Crippen LogP contribution in [0.2, 0.25) is 0 Å². The lowest BCUT2D eigenvalue weighted by molar-refractivity contribution is -0.137. The number of aromatic nitrogens is 1. The molecule has 1 aromatic carbocycles. The monoisotopic (exact) mass is 367 g/mol. The largest absolute Gasteiger partial charge is 0.463 e. The molecule has 3 rings (SSSR count). The van der Waals surface area contributed by atoms with Crippen molar-refractivity contribution in [2.45, 2.75) is 26.4 Å². The van der Waals surface area contributed by atoms with Crippen molar-refractivity contribution in [2.24, 2.45) is 0 Å². The minimum Gasteiger partial charge on any atom is -0.463 e. The fourth-order valence-electron chi connectivity index (χ4n) is 3.26. The van der Waals surface area contributed by atoms with Gasteiger partial charge in [-0.3, -0.25) is 9.69 Å². The van der Waals surface area contributed by atoms with Gasteiger partial charge in [-0.2, -0.15) is 0 Å². The second-order valence-electron chi connectivity index (χ2n) is 6.53. The minimum absolute atomic E-state index is 0.0309. The van der Waals surface area contributed by atoms with E-state index in [0.717, 1.165) is 24.3 Å². The lowest BCUT2D eigenvalue weighted by Crippen LogP contribution is -2.41. The molecule has 0 bridgehead atoms. The summed E-state index contributed by atoms with van der Waals surface area (Å²) >= 11 is 0. The molecule has 1 amide bonds. The quantitative estimate of drug-likeness (QED) is 0.630. The lowest BCUT2D eigenvalue weighted by atomic mass is 10.1. The number of hydrogen-bond donors (Lipinski definition) is 1. The van der Waals surface area contributed by atoms with E-state index in [1.54, 1.807) is 13.0 Å². The molecule has 1 atom stereocenters. The number of rotatable bonds is 6. The van der Waals surface area contributed by atoms with Crippen molar-refractivity contribution >= 4 is 23.6 Å². The van der Waals surface area contributed by atoms with Crippen LogP contribution >= 0.6 is 0 Å². The number of ether oxygens (including phenoxy) is 1. The van der Waals surface area contributed by atoms with Gasteiger partial charge in [-0.15, -0.1) is 0 Å². The summed E-state index contributed by atoms with van der Waals surface area (Å²) in [5.41, 5.74) is 2.85. The Labute approximate surface area is 159 Å². The van der Waals surface area contributed by atoms with Gasteiger partial charge in [0, 0.05) is 42.8 Å². The maximum Gasteiger partial charge on any atom is 0.330 e. The summed E-state index contributed by atoms with van der Waals surface area (Å²) in [6, 6.07) is 11.7. The van der Waals surface area contributed by atoms with Crippen LogP contribution in [-0.4, -0.2) is 41.0 Å². The maximum absolute atomic E-state index is 12.4. The van der Waals surface area contributed by atoms with Crippen LogP contribution in [0, 0.1) is 0 Å². The van der Waals surface area contributed by atoms with Crippen LogP contribution in [0.3, 0.4) is 0 Å². The molecular weight excluding hydrogens is 342 g/mol. The second-order valence-corrected chi connectivity index (χ2v) is 6.53. The van der Waals surface area contributed by atoms with E-state index < -0.39 is 0 Å². The number of hydrogen-bond acceptors (Lipinski definition) is 4. The molecule has 6 heteroatoms. The molecule has 0 aliphatic carbocycles. The van der Waals surface area contributed by atoms with E-state index in [9.17, 15) is 9.59 Å². The highest BCUT2D eigenvalue weighted by molar-refractivity contribution is 5.92. The van der Waals surface area contributed by atoms with E-state index in [-0.39, 0.29) is 17.9 Å². The fraction of sp³-hybridized carbons (Fsp3) is 0.333. The summed E-state index contributed by atoms with van der Waals surface area (Å²) in [7, 11) is 0. The van der Waals surface area contributed by atoms with Gasteiger partial charge >= 0.3 is 5.97 Å². The third-order valence-corrected chi connectivity index (χ3v) is 4.71. The van der Waals surface area contributed by atoms with Crippen LogP contribution in [0.25, 0.3) is 6.08 Å². The Morgan fingerprint density at radius 3 is 2.74 bits per heavy atom. The number of amides is 1. The van der Waals surface area contributed by atoms with E-state index in [2.05, 4.69) is 34.0 Å². The van der Waals surface area contributed by atoms with E-state index in [1.165, 1.54) is 11.8 Å². The van der Waals surface area contributed by atoms with E-state index in [4.69, 9.17) is 4.74 Å². The van der Waals surface area contributed by atoms with Crippen LogP contribution in [0.1, 0.15) is 31.1 Å². The van der Waals surface area contributed by atoms with Crippen molar-refractivity contribution in [3.05, 3.63) is 59.9 Å². The zero-order valence-corrected chi connectivity index (χ0v) is 15.7. The highest BCUT2D eigenvalue weighted by Gasteiger charge is 2.24. The van der Waals surface area contributed by atoms with Crippen molar-refractivity contribution < 1.29 is 14.3 Å². The number of carbonyl (C=O) groups is 2. The number of fused-ring (bicyclic) bond motifs is 1. The fourth-order valence-corrected chi connectivity index (χ4v) is 3.26. The Morgan fingerprint density at radius 1 is 1.22 bits per heavy atom. The molecule has 1 aliphatic heterocycles. The first-order chi connectivity index (χ1) is 13.1. The van der Waals surface area contributed by atoms with Crippen molar-refractivity contribution in [3.63, 3.8) is 0 Å². The summed E-state index contributed by atoms with van der Waals surface area (Å²) in [6.45, 7) is 6.37. The van der Waals surface area contributed by atoms with Gasteiger partial charge in [0.25, 0.3) is 0 Å². The van der Waals surface area contributed by atoms with Crippen LogP contribution in [0.15, 0.2) is 48.7 Å². The third-order valence-electron chi connectivity index (χ3n) is 4.71. The molecular formula is C21H25N3O3. The smallest absolute Gasteiger partial charge is 0.330 e. The second kappa shape index (κ2) is 8.68. The molecule has 1 aliphatic rings. The van der Waals surface area contributed by atoms with Gasteiger partial charge in [-0.05, 0) is 49.8 Å². The predicted molar refractivity (Wildman–Crippen MR) is 105 cm³/mol. The summed E-state index contributed by atoms with van der Waals surface area (Å²) in [6.07, 6.45) is 5.17.